The van der Waals surface area contributed by atoms with E-state index in [4.69, 9.17) is 9.31 Å². The fourth-order valence-corrected chi connectivity index (χ4v) is 2.59. The van der Waals surface area contributed by atoms with Crippen molar-refractivity contribution in [3.63, 3.8) is 0 Å². The van der Waals surface area contributed by atoms with Gasteiger partial charge in [-0.1, -0.05) is 0 Å². The molecule has 1 saturated heterocycles. The van der Waals surface area contributed by atoms with E-state index in [1.165, 1.54) is 6.20 Å². The van der Waals surface area contributed by atoms with Crippen LogP contribution < -0.4 is 0 Å². The molecule has 102 valence electrons. The highest BCUT2D eigenvalue weighted by atomic mass is 19.1. The molecule has 2 aliphatic rings. The van der Waals surface area contributed by atoms with Gasteiger partial charge >= 0.3 is 7.12 Å². The Balaban J connectivity index is 1.72. The van der Waals surface area contributed by atoms with Crippen molar-refractivity contribution in [3.8, 4) is 0 Å². The van der Waals surface area contributed by atoms with Crippen molar-refractivity contribution in [2.75, 3.05) is 0 Å². The van der Waals surface area contributed by atoms with Gasteiger partial charge in [-0.2, -0.15) is 0 Å². The summed E-state index contributed by atoms with van der Waals surface area (Å²) in [7, 11) is -0.196. The molecule has 0 amide bonds. The molecule has 1 aromatic heterocycles. The van der Waals surface area contributed by atoms with Crippen LogP contribution in [0.1, 0.15) is 45.6 Å². The number of hydrogen-bond donors (Lipinski definition) is 0. The number of nitrogens with zero attached hydrogens (tertiary/aromatic N) is 1. The maximum absolute atomic E-state index is 13.2. The topological polar surface area (TPSA) is 31.4 Å². The molecule has 1 aliphatic heterocycles. The molecule has 2 atom stereocenters. The molecule has 0 spiro atoms. The first-order valence-corrected chi connectivity index (χ1v) is 6.76. The normalized spacial score (nSPS) is 31.5. The highest BCUT2D eigenvalue weighted by Crippen LogP contribution is 2.58. The zero-order chi connectivity index (χ0) is 13.8. The number of aromatic nitrogens is 1. The molecule has 5 heteroatoms. The summed E-state index contributed by atoms with van der Waals surface area (Å²) in [6.07, 6.45) is 3.94. The van der Waals surface area contributed by atoms with Crippen LogP contribution in [0.2, 0.25) is 5.82 Å². The Hall–Kier alpha value is -0.935. The number of hydrogen-bond acceptors (Lipinski definition) is 3. The molecule has 3 rings (SSSR count). The molecule has 0 radical (unpaired) electrons. The van der Waals surface area contributed by atoms with E-state index in [-0.39, 0.29) is 24.1 Å². The van der Waals surface area contributed by atoms with Crippen LogP contribution in [-0.4, -0.2) is 23.3 Å². The molecule has 3 nitrogen and oxygen atoms in total. The second-order valence-corrected chi connectivity index (χ2v) is 6.57. The lowest BCUT2D eigenvalue weighted by atomic mass is 9.80. The average molecular weight is 263 g/mol. The second-order valence-electron chi connectivity index (χ2n) is 6.57. The third-order valence-corrected chi connectivity index (χ3v) is 4.62. The highest BCUT2D eigenvalue weighted by Gasteiger charge is 2.59. The first kappa shape index (κ1) is 13.1. The molecular weight excluding hydrogens is 244 g/mol. The van der Waals surface area contributed by atoms with E-state index in [9.17, 15) is 4.39 Å². The minimum Gasteiger partial charge on any atom is -0.403 e. The van der Waals surface area contributed by atoms with Crippen LogP contribution in [0, 0.1) is 5.82 Å². The van der Waals surface area contributed by atoms with Gasteiger partial charge in [0, 0.05) is 12.0 Å². The van der Waals surface area contributed by atoms with E-state index in [1.807, 2.05) is 27.7 Å². The van der Waals surface area contributed by atoms with Crippen LogP contribution >= 0.6 is 0 Å². The van der Waals surface area contributed by atoms with E-state index >= 15 is 0 Å². The molecule has 2 fully saturated rings. The average Bonchev–Trinajstić information content (AvgIpc) is 3.03. The number of rotatable bonds is 2. The van der Waals surface area contributed by atoms with Crippen LogP contribution in [-0.2, 0) is 9.31 Å². The van der Waals surface area contributed by atoms with Gasteiger partial charge in [-0.3, -0.25) is 4.98 Å². The van der Waals surface area contributed by atoms with E-state index in [0.29, 0.717) is 11.7 Å². The van der Waals surface area contributed by atoms with Gasteiger partial charge in [0.05, 0.1) is 17.4 Å². The summed E-state index contributed by atoms with van der Waals surface area (Å²) in [4.78, 5) is 3.91. The van der Waals surface area contributed by atoms with E-state index < -0.39 is 0 Å². The summed E-state index contributed by atoms with van der Waals surface area (Å²) < 4.78 is 25.2. The van der Waals surface area contributed by atoms with Crippen LogP contribution in [0.15, 0.2) is 18.5 Å². The van der Waals surface area contributed by atoms with Crippen LogP contribution in [0.4, 0.5) is 4.39 Å². The van der Waals surface area contributed by atoms with Gasteiger partial charge < -0.3 is 9.31 Å². The van der Waals surface area contributed by atoms with Gasteiger partial charge in [-0.15, -0.1) is 0 Å². The lowest BCUT2D eigenvalue weighted by molar-refractivity contribution is 0.00578. The van der Waals surface area contributed by atoms with Crippen molar-refractivity contribution in [2.24, 2.45) is 0 Å². The maximum atomic E-state index is 13.2. The van der Waals surface area contributed by atoms with Crippen molar-refractivity contribution in [2.45, 2.75) is 57.1 Å². The quantitative estimate of drug-likeness (QED) is 0.768. The first-order valence-electron chi connectivity index (χ1n) is 6.76. The van der Waals surface area contributed by atoms with Gasteiger partial charge in [0.1, 0.15) is 5.82 Å². The standard InChI is InChI=1S/C14H19BFNO2/c1-13(2)14(3,4)19-15(18-13)12-6-11(12)9-5-10(16)8-17-7-9/h5,7-8,11-12H,6H2,1-4H3/t11-,12+/m0/s1. The fraction of sp³-hybridized carbons (Fsp3) is 0.643. The number of halogens is 1. The Morgan fingerprint density at radius 1 is 1.21 bits per heavy atom. The Bertz CT molecular complexity index is 490. The fourth-order valence-electron chi connectivity index (χ4n) is 2.59. The van der Waals surface area contributed by atoms with E-state index in [2.05, 4.69) is 4.98 Å². The molecule has 1 aliphatic carbocycles. The van der Waals surface area contributed by atoms with Gasteiger partial charge in [-0.05, 0) is 51.7 Å². The first-order chi connectivity index (χ1) is 8.80. The zero-order valence-corrected chi connectivity index (χ0v) is 11.8. The summed E-state index contributed by atoms with van der Waals surface area (Å²) in [6, 6.07) is 1.56. The highest BCUT2D eigenvalue weighted by molar-refractivity contribution is 6.49. The van der Waals surface area contributed by atoms with Crippen LogP contribution in [0.25, 0.3) is 0 Å². The van der Waals surface area contributed by atoms with E-state index in [0.717, 1.165) is 12.0 Å². The van der Waals surface area contributed by atoms with Crippen molar-refractivity contribution in [1.82, 2.24) is 4.98 Å². The molecule has 0 unspecified atom stereocenters. The van der Waals surface area contributed by atoms with Crippen molar-refractivity contribution in [1.29, 1.82) is 0 Å². The third-order valence-electron chi connectivity index (χ3n) is 4.62. The summed E-state index contributed by atoms with van der Waals surface area (Å²) in [6.45, 7) is 8.20. The Labute approximate surface area is 113 Å². The second kappa shape index (κ2) is 4.03. The minimum atomic E-state index is -0.301. The minimum absolute atomic E-state index is 0.196. The van der Waals surface area contributed by atoms with Gasteiger partial charge in [-0.25, -0.2) is 4.39 Å². The van der Waals surface area contributed by atoms with Crippen LogP contribution in [0.3, 0.4) is 0 Å². The predicted molar refractivity (Wildman–Crippen MR) is 71.4 cm³/mol. The number of pyridine rings is 1. The van der Waals surface area contributed by atoms with Crippen molar-refractivity contribution in [3.05, 3.63) is 29.8 Å². The molecular formula is C14H19BFNO2. The smallest absolute Gasteiger partial charge is 0.403 e. The lowest BCUT2D eigenvalue weighted by Crippen LogP contribution is -2.41. The third kappa shape index (κ3) is 2.19. The zero-order valence-electron chi connectivity index (χ0n) is 11.8. The molecule has 19 heavy (non-hydrogen) atoms. The molecule has 0 N–H and O–H groups in total. The van der Waals surface area contributed by atoms with Gasteiger partial charge in [0.25, 0.3) is 0 Å². The van der Waals surface area contributed by atoms with Crippen molar-refractivity contribution >= 4 is 7.12 Å². The monoisotopic (exact) mass is 263 g/mol. The summed E-state index contributed by atoms with van der Waals surface area (Å²) >= 11 is 0. The predicted octanol–water partition coefficient (Wildman–Crippen LogP) is 3.17. The van der Waals surface area contributed by atoms with Crippen LogP contribution in [0.5, 0.6) is 0 Å². The largest absolute Gasteiger partial charge is 0.461 e. The SMILES string of the molecule is CC1(C)OB([C@@H]2C[C@H]2c2cncc(F)c2)OC1(C)C. The summed E-state index contributed by atoms with van der Waals surface area (Å²) in [5.74, 6) is 0.333. The summed E-state index contributed by atoms with van der Waals surface area (Å²) in [5.41, 5.74) is 0.343. The van der Waals surface area contributed by atoms with E-state index in [1.54, 1.807) is 12.3 Å². The Morgan fingerprint density at radius 3 is 2.42 bits per heavy atom. The molecule has 1 saturated carbocycles. The van der Waals surface area contributed by atoms with Crippen molar-refractivity contribution < 1.29 is 13.7 Å². The van der Waals surface area contributed by atoms with Gasteiger partial charge in [0.15, 0.2) is 0 Å². The van der Waals surface area contributed by atoms with Gasteiger partial charge in [0.2, 0.25) is 0 Å². The molecule has 1 aromatic rings. The molecule has 0 bridgehead atoms. The molecule has 0 aromatic carbocycles. The maximum Gasteiger partial charge on any atom is 0.461 e. The lowest BCUT2D eigenvalue weighted by Gasteiger charge is -2.32. The molecule has 2 heterocycles. The summed E-state index contributed by atoms with van der Waals surface area (Å²) in [5, 5.41) is 0. The Kier molecular flexibility index (Phi) is 2.77. The Morgan fingerprint density at radius 2 is 1.84 bits per heavy atom.